The number of aliphatic imine (C=N–C) groups is 1. The highest BCUT2D eigenvalue weighted by Crippen LogP contribution is 2.05. The van der Waals surface area contributed by atoms with E-state index in [1.807, 2.05) is 6.34 Å². The van der Waals surface area contributed by atoms with Crippen molar-refractivity contribution in [3.05, 3.63) is 0 Å². The summed E-state index contributed by atoms with van der Waals surface area (Å²) in [5, 5.41) is 0. The summed E-state index contributed by atoms with van der Waals surface area (Å²) in [6.07, 6.45) is 4.39. The van der Waals surface area contributed by atoms with E-state index in [1.54, 1.807) is 0 Å². The van der Waals surface area contributed by atoms with Gasteiger partial charge in [0.2, 0.25) is 0 Å². The van der Waals surface area contributed by atoms with E-state index in [0.29, 0.717) is 0 Å². The largest absolute Gasteiger partial charge is 0.363 e. The lowest BCUT2D eigenvalue weighted by atomic mass is 10.1. The third kappa shape index (κ3) is 7.82. The third-order valence-corrected chi connectivity index (χ3v) is 1.63. The molecular formula is C11H24N2. The molecule has 0 rings (SSSR count). The van der Waals surface area contributed by atoms with Crippen molar-refractivity contribution in [3.63, 3.8) is 0 Å². The van der Waals surface area contributed by atoms with Crippen molar-refractivity contribution in [2.45, 2.75) is 53.0 Å². The van der Waals surface area contributed by atoms with Gasteiger partial charge in [0.15, 0.2) is 0 Å². The molecule has 2 nitrogen and oxygen atoms in total. The van der Waals surface area contributed by atoms with Crippen LogP contribution >= 0.6 is 0 Å². The van der Waals surface area contributed by atoms with Crippen LogP contribution in [0.15, 0.2) is 4.99 Å². The summed E-state index contributed by atoms with van der Waals surface area (Å²) in [6, 6.07) is 0. The second-order valence-corrected chi connectivity index (χ2v) is 4.45. The maximum absolute atomic E-state index is 4.50. The molecule has 0 aliphatic carbocycles. The van der Waals surface area contributed by atoms with Crippen LogP contribution in [0.4, 0.5) is 0 Å². The molecule has 0 saturated carbocycles. The van der Waals surface area contributed by atoms with Gasteiger partial charge in [0.05, 0.1) is 11.9 Å². The Kier molecular flexibility index (Phi) is 5.76. The number of rotatable bonds is 5. The Hall–Kier alpha value is -0.530. The Balaban J connectivity index is 4.00. The van der Waals surface area contributed by atoms with Gasteiger partial charge in [-0.15, -0.1) is 0 Å². The van der Waals surface area contributed by atoms with Crippen molar-refractivity contribution < 1.29 is 0 Å². The maximum Gasteiger partial charge on any atom is 0.0856 e. The van der Waals surface area contributed by atoms with E-state index in [9.17, 15) is 0 Å². The van der Waals surface area contributed by atoms with E-state index in [-0.39, 0.29) is 5.54 Å². The highest BCUT2D eigenvalue weighted by atomic mass is 15.1. The summed E-state index contributed by atoms with van der Waals surface area (Å²) in [4.78, 5) is 6.79. The van der Waals surface area contributed by atoms with Crippen LogP contribution in [-0.4, -0.2) is 29.9 Å². The molecule has 0 aromatic rings. The monoisotopic (exact) mass is 184 g/mol. The molecule has 0 fully saturated rings. The van der Waals surface area contributed by atoms with Crippen molar-refractivity contribution in [1.82, 2.24) is 4.90 Å². The van der Waals surface area contributed by atoms with Gasteiger partial charge in [-0.25, -0.2) is 0 Å². The van der Waals surface area contributed by atoms with Gasteiger partial charge in [-0.1, -0.05) is 13.8 Å². The van der Waals surface area contributed by atoms with Gasteiger partial charge in [-0.3, -0.25) is 4.99 Å². The fourth-order valence-electron chi connectivity index (χ4n) is 1.06. The first kappa shape index (κ1) is 12.5. The van der Waals surface area contributed by atoms with Gasteiger partial charge in [0.1, 0.15) is 0 Å². The number of hydrogen-bond acceptors (Lipinski definition) is 1. The van der Waals surface area contributed by atoms with Crippen molar-refractivity contribution in [1.29, 1.82) is 0 Å². The Morgan fingerprint density at radius 3 is 1.85 bits per heavy atom. The number of nitrogens with zero attached hydrogens (tertiary/aromatic N) is 2. The van der Waals surface area contributed by atoms with Crippen LogP contribution in [0, 0.1) is 0 Å². The molecule has 2 heteroatoms. The molecule has 0 aromatic heterocycles. The smallest absolute Gasteiger partial charge is 0.0856 e. The zero-order chi connectivity index (χ0) is 10.3. The van der Waals surface area contributed by atoms with Crippen molar-refractivity contribution in [3.8, 4) is 0 Å². The van der Waals surface area contributed by atoms with Crippen LogP contribution in [0.25, 0.3) is 0 Å². The molecule has 0 radical (unpaired) electrons. The van der Waals surface area contributed by atoms with Gasteiger partial charge in [0.25, 0.3) is 0 Å². The van der Waals surface area contributed by atoms with Crippen LogP contribution < -0.4 is 0 Å². The molecule has 0 amide bonds. The Morgan fingerprint density at radius 1 is 1.08 bits per heavy atom. The molecule has 0 unspecified atom stereocenters. The summed E-state index contributed by atoms with van der Waals surface area (Å²) >= 11 is 0. The fraction of sp³-hybridized carbons (Fsp3) is 0.909. The van der Waals surface area contributed by atoms with E-state index < -0.39 is 0 Å². The molecule has 0 bridgehead atoms. The molecular weight excluding hydrogens is 160 g/mol. The van der Waals surface area contributed by atoms with Gasteiger partial charge in [-0.05, 0) is 33.6 Å². The molecule has 0 atom stereocenters. The zero-order valence-corrected chi connectivity index (χ0v) is 9.80. The second kappa shape index (κ2) is 6.01. The van der Waals surface area contributed by atoms with E-state index >= 15 is 0 Å². The van der Waals surface area contributed by atoms with Crippen LogP contribution in [0.1, 0.15) is 47.5 Å². The highest BCUT2D eigenvalue weighted by Gasteiger charge is 2.05. The minimum atomic E-state index is 0.0553. The lowest BCUT2D eigenvalue weighted by Crippen LogP contribution is -2.25. The molecule has 0 saturated heterocycles. The fourth-order valence-corrected chi connectivity index (χ4v) is 1.06. The molecule has 13 heavy (non-hydrogen) atoms. The van der Waals surface area contributed by atoms with Gasteiger partial charge >= 0.3 is 0 Å². The molecule has 0 aromatic carbocycles. The minimum Gasteiger partial charge on any atom is -0.363 e. The van der Waals surface area contributed by atoms with E-state index in [4.69, 9.17) is 0 Å². The summed E-state index contributed by atoms with van der Waals surface area (Å²) in [7, 11) is 0. The van der Waals surface area contributed by atoms with Crippen LogP contribution in [0.5, 0.6) is 0 Å². The second-order valence-electron chi connectivity index (χ2n) is 4.45. The molecule has 0 heterocycles. The van der Waals surface area contributed by atoms with Crippen LogP contribution in [-0.2, 0) is 0 Å². The SMILES string of the molecule is CCCN(C=NC(C)(C)C)CCC. The lowest BCUT2D eigenvalue weighted by Gasteiger charge is -2.20. The normalized spacial score (nSPS) is 12.4. The highest BCUT2D eigenvalue weighted by molar-refractivity contribution is 5.55. The summed E-state index contributed by atoms with van der Waals surface area (Å²) in [5.41, 5.74) is 0.0553. The van der Waals surface area contributed by atoms with Gasteiger partial charge in [-0.2, -0.15) is 0 Å². The average molecular weight is 184 g/mol. The predicted molar refractivity (Wildman–Crippen MR) is 60.4 cm³/mol. The summed E-state index contributed by atoms with van der Waals surface area (Å²) in [5.74, 6) is 0. The first-order valence-electron chi connectivity index (χ1n) is 5.29. The quantitative estimate of drug-likeness (QED) is 0.474. The van der Waals surface area contributed by atoms with Crippen LogP contribution in [0.3, 0.4) is 0 Å². The third-order valence-electron chi connectivity index (χ3n) is 1.63. The predicted octanol–water partition coefficient (Wildman–Crippen LogP) is 2.94. The Morgan fingerprint density at radius 2 is 1.54 bits per heavy atom. The van der Waals surface area contributed by atoms with Crippen LogP contribution in [0.2, 0.25) is 0 Å². The van der Waals surface area contributed by atoms with Gasteiger partial charge in [0, 0.05) is 13.1 Å². The minimum absolute atomic E-state index is 0.0553. The standard InChI is InChI=1S/C11H24N2/c1-6-8-13(9-7-2)10-12-11(3,4)5/h10H,6-9H2,1-5H3. The topological polar surface area (TPSA) is 15.6 Å². The maximum atomic E-state index is 4.50. The molecule has 0 aliphatic rings. The molecule has 0 spiro atoms. The zero-order valence-electron chi connectivity index (χ0n) is 9.80. The molecule has 78 valence electrons. The summed E-state index contributed by atoms with van der Waals surface area (Å²) < 4.78 is 0. The lowest BCUT2D eigenvalue weighted by molar-refractivity contribution is 0.421. The number of hydrogen-bond donors (Lipinski definition) is 0. The Labute approximate surface area is 83.0 Å². The summed E-state index contributed by atoms with van der Waals surface area (Å²) in [6.45, 7) is 13.0. The van der Waals surface area contributed by atoms with Crippen molar-refractivity contribution in [2.24, 2.45) is 4.99 Å². The molecule has 0 N–H and O–H groups in total. The first-order chi connectivity index (χ1) is 5.99. The van der Waals surface area contributed by atoms with Crippen molar-refractivity contribution in [2.75, 3.05) is 13.1 Å². The Bertz CT molecular complexity index is 139. The van der Waals surface area contributed by atoms with E-state index in [0.717, 1.165) is 13.1 Å². The molecule has 0 aliphatic heterocycles. The van der Waals surface area contributed by atoms with E-state index in [2.05, 4.69) is 44.5 Å². The van der Waals surface area contributed by atoms with Gasteiger partial charge < -0.3 is 4.90 Å². The average Bonchev–Trinajstić information content (AvgIpc) is 2.00. The van der Waals surface area contributed by atoms with Crippen molar-refractivity contribution >= 4 is 6.34 Å². The van der Waals surface area contributed by atoms with E-state index in [1.165, 1.54) is 12.8 Å². The first-order valence-corrected chi connectivity index (χ1v) is 5.29.